The average Bonchev–Trinajstić information content (AvgIpc) is 2.59. The van der Waals surface area contributed by atoms with Gasteiger partial charge >= 0.3 is 5.97 Å². The standard InChI is InChI=1S/C21H31N3O4/c1-15(25)7-6-8-17(22)11-12-23-18(13-20(26)28-21(2,3)4)16-9-10-19(27-5)24-14-16/h9-12,14,18,22-23H,6-8,13H2,1-5H3/b12-11-,22-17?. The lowest BCUT2D eigenvalue weighted by atomic mass is 10.1. The fraction of sp³-hybridized carbons (Fsp3) is 0.524. The predicted molar refractivity (Wildman–Crippen MR) is 109 cm³/mol. The number of nitrogens with zero attached hydrogens (tertiary/aromatic N) is 1. The Morgan fingerprint density at radius 3 is 2.54 bits per heavy atom. The van der Waals surface area contributed by atoms with E-state index in [0.717, 1.165) is 5.56 Å². The van der Waals surface area contributed by atoms with E-state index in [1.807, 2.05) is 26.8 Å². The van der Waals surface area contributed by atoms with Crippen molar-refractivity contribution in [2.24, 2.45) is 0 Å². The Morgan fingerprint density at radius 1 is 1.29 bits per heavy atom. The van der Waals surface area contributed by atoms with Gasteiger partial charge in [0.1, 0.15) is 11.4 Å². The zero-order valence-electron chi connectivity index (χ0n) is 17.4. The number of rotatable bonds is 11. The summed E-state index contributed by atoms with van der Waals surface area (Å²) in [6.07, 6.45) is 6.71. The van der Waals surface area contributed by atoms with Gasteiger partial charge in [0.2, 0.25) is 5.88 Å². The quantitative estimate of drug-likeness (QED) is 0.441. The third-order valence-corrected chi connectivity index (χ3v) is 3.72. The lowest BCUT2D eigenvalue weighted by Crippen LogP contribution is -2.27. The Balaban J connectivity index is 2.76. The minimum absolute atomic E-state index is 0.118. The number of allylic oxidation sites excluding steroid dienone is 1. The second-order valence-corrected chi connectivity index (χ2v) is 7.56. The summed E-state index contributed by atoms with van der Waals surface area (Å²) in [5.74, 6) is 0.285. The molecule has 0 saturated heterocycles. The molecule has 0 aromatic carbocycles. The number of esters is 1. The first-order valence-corrected chi connectivity index (χ1v) is 9.32. The Bertz CT molecular complexity index is 691. The van der Waals surface area contributed by atoms with E-state index in [0.29, 0.717) is 30.9 Å². The molecule has 0 saturated carbocycles. The van der Waals surface area contributed by atoms with Gasteiger partial charge in [-0.1, -0.05) is 6.07 Å². The number of aromatic nitrogens is 1. The molecule has 1 aromatic rings. The van der Waals surface area contributed by atoms with Crippen molar-refractivity contribution < 1.29 is 19.1 Å². The zero-order valence-corrected chi connectivity index (χ0v) is 17.4. The lowest BCUT2D eigenvalue weighted by molar-refractivity contribution is -0.155. The van der Waals surface area contributed by atoms with Crippen LogP contribution in [0, 0.1) is 5.41 Å². The van der Waals surface area contributed by atoms with E-state index in [-0.39, 0.29) is 24.2 Å². The van der Waals surface area contributed by atoms with Gasteiger partial charge < -0.3 is 25.0 Å². The number of ketones is 1. The summed E-state index contributed by atoms with van der Waals surface area (Å²) in [6.45, 7) is 7.02. The molecule has 1 rings (SSSR count). The summed E-state index contributed by atoms with van der Waals surface area (Å²) in [7, 11) is 1.54. The molecule has 0 bridgehead atoms. The fourth-order valence-electron chi connectivity index (χ4n) is 2.42. The third-order valence-electron chi connectivity index (χ3n) is 3.72. The van der Waals surface area contributed by atoms with Crippen molar-refractivity contribution in [1.29, 1.82) is 5.41 Å². The van der Waals surface area contributed by atoms with E-state index >= 15 is 0 Å². The SMILES string of the molecule is COc1ccc(C(CC(=O)OC(C)(C)C)N/C=C\C(=N)CCCC(C)=O)cn1. The van der Waals surface area contributed by atoms with E-state index in [9.17, 15) is 9.59 Å². The van der Waals surface area contributed by atoms with Gasteiger partial charge in [-0.2, -0.15) is 0 Å². The highest BCUT2D eigenvalue weighted by Crippen LogP contribution is 2.20. The fourth-order valence-corrected chi connectivity index (χ4v) is 2.42. The van der Waals surface area contributed by atoms with Crippen molar-refractivity contribution in [3.05, 3.63) is 36.2 Å². The molecule has 28 heavy (non-hydrogen) atoms. The van der Waals surface area contributed by atoms with Gasteiger partial charge in [0, 0.05) is 24.4 Å². The van der Waals surface area contributed by atoms with Gasteiger partial charge in [-0.25, -0.2) is 4.98 Å². The Kier molecular flexibility index (Phi) is 9.35. The molecule has 0 spiro atoms. The highest BCUT2D eigenvalue weighted by Gasteiger charge is 2.21. The maximum atomic E-state index is 12.3. The van der Waals surface area contributed by atoms with E-state index in [4.69, 9.17) is 14.9 Å². The molecule has 1 atom stereocenters. The van der Waals surface area contributed by atoms with Crippen molar-refractivity contribution in [2.75, 3.05) is 7.11 Å². The summed E-state index contributed by atoms with van der Waals surface area (Å²) < 4.78 is 10.5. The molecule has 7 heteroatoms. The smallest absolute Gasteiger partial charge is 0.308 e. The van der Waals surface area contributed by atoms with Gasteiger partial charge in [0.25, 0.3) is 0 Å². The molecule has 0 aliphatic heterocycles. The van der Waals surface area contributed by atoms with Crippen LogP contribution in [0.3, 0.4) is 0 Å². The molecule has 0 aliphatic rings. The van der Waals surface area contributed by atoms with Gasteiger partial charge in [-0.05, 0) is 58.4 Å². The van der Waals surface area contributed by atoms with Crippen LogP contribution in [0.25, 0.3) is 0 Å². The van der Waals surface area contributed by atoms with E-state index < -0.39 is 5.60 Å². The highest BCUT2D eigenvalue weighted by atomic mass is 16.6. The number of ether oxygens (including phenoxy) is 2. The predicted octanol–water partition coefficient (Wildman–Crippen LogP) is 3.75. The molecule has 0 fully saturated rings. The number of carbonyl (C=O) groups excluding carboxylic acids is 2. The van der Waals surface area contributed by atoms with Crippen LogP contribution in [-0.2, 0) is 14.3 Å². The van der Waals surface area contributed by atoms with Crippen LogP contribution in [0.1, 0.15) is 65.0 Å². The zero-order chi connectivity index (χ0) is 21.2. The Hall–Kier alpha value is -2.70. The molecule has 2 N–H and O–H groups in total. The number of pyridine rings is 1. The number of nitrogens with one attached hydrogen (secondary N) is 2. The monoisotopic (exact) mass is 389 g/mol. The van der Waals surface area contributed by atoms with Crippen molar-refractivity contribution in [3.8, 4) is 5.88 Å². The molecule has 1 heterocycles. The molecule has 1 aromatic heterocycles. The first kappa shape index (κ1) is 23.3. The Labute approximate surface area is 167 Å². The summed E-state index contributed by atoms with van der Waals surface area (Å²) >= 11 is 0. The number of hydrogen-bond donors (Lipinski definition) is 2. The number of Topliss-reactive ketones (excluding diaryl/α,β-unsaturated/α-hetero) is 1. The summed E-state index contributed by atoms with van der Waals surface area (Å²) in [4.78, 5) is 27.4. The van der Waals surface area contributed by atoms with Crippen molar-refractivity contribution in [1.82, 2.24) is 10.3 Å². The summed E-state index contributed by atoms with van der Waals surface area (Å²) in [5, 5.41) is 11.1. The van der Waals surface area contributed by atoms with E-state index in [1.54, 1.807) is 38.6 Å². The van der Waals surface area contributed by atoms with Crippen LogP contribution < -0.4 is 10.1 Å². The summed E-state index contributed by atoms with van der Waals surface area (Å²) in [5.41, 5.74) is 0.658. The normalized spacial score (nSPS) is 12.5. The topological polar surface area (TPSA) is 101 Å². The molecule has 7 nitrogen and oxygen atoms in total. The largest absolute Gasteiger partial charge is 0.481 e. The van der Waals surface area contributed by atoms with Gasteiger partial charge in [-0.15, -0.1) is 0 Å². The van der Waals surface area contributed by atoms with Crippen LogP contribution in [0.4, 0.5) is 0 Å². The molecule has 0 aliphatic carbocycles. The first-order chi connectivity index (χ1) is 13.1. The molecular weight excluding hydrogens is 358 g/mol. The minimum atomic E-state index is -0.561. The van der Waals surface area contributed by atoms with E-state index in [2.05, 4.69) is 10.3 Å². The van der Waals surface area contributed by atoms with E-state index in [1.165, 1.54) is 0 Å². The van der Waals surface area contributed by atoms with Crippen molar-refractivity contribution >= 4 is 17.5 Å². The van der Waals surface area contributed by atoms with Crippen LogP contribution in [0.5, 0.6) is 5.88 Å². The van der Waals surface area contributed by atoms with Crippen molar-refractivity contribution in [3.63, 3.8) is 0 Å². The highest BCUT2D eigenvalue weighted by molar-refractivity contribution is 5.92. The molecule has 1 unspecified atom stereocenters. The second-order valence-electron chi connectivity index (χ2n) is 7.56. The lowest BCUT2D eigenvalue weighted by Gasteiger charge is -2.22. The number of methoxy groups -OCH3 is 1. The number of hydrogen-bond acceptors (Lipinski definition) is 7. The average molecular weight is 389 g/mol. The second kappa shape index (κ2) is 11.2. The maximum Gasteiger partial charge on any atom is 0.308 e. The molecule has 0 radical (unpaired) electrons. The Morgan fingerprint density at radius 2 is 2.00 bits per heavy atom. The van der Waals surface area contributed by atoms with Gasteiger partial charge in [0.05, 0.1) is 19.6 Å². The maximum absolute atomic E-state index is 12.3. The van der Waals surface area contributed by atoms with Crippen LogP contribution >= 0.6 is 0 Å². The van der Waals surface area contributed by atoms with Crippen LogP contribution in [0.15, 0.2) is 30.6 Å². The number of carbonyl (C=O) groups is 2. The third kappa shape index (κ3) is 9.85. The first-order valence-electron chi connectivity index (χ1n) is 9.32. The van der Waals surface area contributed by atoms with Crippen LogP contribution in [0.2, 0.25) is 0 Å². The van der Waals surface area contributed by atoms with Crippen LogP contribution in [-0.4, -0.2) is 35.2 Å². The minimum Gasteiger partial charge on any atom is -0.481 e. The van der Waals surface area contributed by atoms with Crippen molar-refractivity contribution in [2.45, 2.75) is 65.0 Å². The van der Waals surface area contributed by atoms with Gasteiger partial charge in [0.15, 0.2) is 0 Å². The van der Waals surface area contributed by atoms with Gasteiger partial charge in [-0.3, -0.25) is 4.79 Å². The molecule has 0 amide bonds. The molecular formula is C21H31N3O4. The molecule has 154 valence electrons. The summed E-state index contributed by atoms with van der Waals surface area (Å²) in [6, 6.07) is 3.21.